The molecule has 86 valence electrons. The zero-order chi connectivity index (χ0) is 10.7. The molecule has 0 radical (unpaired) electrons. The summed E-state index contributed by atoms with van der Waals surface area (Å²) in [6.07, 6.45) is 4.16. The Morgan fingerprint density at radius 2 is 2.20 bits per heavy atom. The van der Waals surface area contributed by atoms with Gasteiger partial charge in [-0.2, -0.15) is 0 Å². The van der Waals surface area contributed by atoms with Crippen molar-refractivity contribution in [3.63, 3.8) is 0 Å². The van der Waals surface area contributed by atoms with E-state index in [1.807, 2.05) is 4.90 Å². The molecule has 0 bridgehead atoms. The Morgan fingerprint density at radius 3 is 2.87 bits per heavy atom. The van der Waals surface area contributed by atoms with Gasteiger partial charge in [-0.25, -0.2) is 0 Å². The normalized spacial score (nSPS) is 27.7. The van der Waals surface area contributed by atoms with Crippen LogP contribution in [0.2, 0.25) is 0 Å². The molecule has 1 saturated carbocycles. The van der Waals surface area contributed by atoms with Gasteiger partial charge in [-0.3, -0.25) is 9.69 Å². The van der Waals surface area contributed by atoms with Gasteiger partial charge in [-0.05, 0) is 38.1 Å². The number of aliphatic hydroxyl groups is 1. The molecule has 2 rings (SSSR count). The van der Waals surface area contributed by atoms with Crippen LogP contribution < -0.4 is 5.32 Å². The standard InChI is InChI=1S/C11H20N2O2/c14-10-2-1-5-13(7-10)8-11(15)12-6-9-3-4-9/h9-10,14H,1-8H2,(H,12,15)/t10-/m0/s1. The molecule has 4 nitrogen and oxygen atoms in total. The second-order valence-electron chi connectivity index (χ2n) is 4.78. The van der Waals surface area contributed by atoms with E-state index in [1.165, 1.54) is 12.8 Å². The average Bonchev–Trinajstić information content (AvgIpc) is 2.98. The van der Waals surface area contributed by atoms with E-state index in [4.69, 9.17) is 0 Å². The highest BCUT2D eigenvalue weighted by atomic mass is 16.3. The van der Waals surface area contributed by atoms with E-state index < -0.39 is 0 Å². The fraction of sp³-hybridized carbons (Fsp3) is 0.909. The smallest absolute Gasteiger partial charge is 0.234 e. The second-order valence-corrected chi connectivity index (χ2v) is 4.78. The van der Waals surface area contributed by atoms with Gasteiger partial charge >= 0.3 is 0 Å². The Bertz CT molecular complexity index is 229. The molecule has 0 aromatic heterocycles. The van der Waals surface area contributed by atoms with Crippen molar-refractivity contribution >= 4 is 5.91 Å². The van der Waals surface area contributed by atoms with Crippen molar-refractivity contribution in [1.82, 2.24) is 10.2 Å². The highest BCUT2D eigenvalue weighted by Gasteiger charge is 2.23. The molecule has 2 fully saturated rings. The van der Waals surface area contributed by atoms with E-state index in [0.717, 1.165) is 31.8 Å². The summed E-state index contributed by atoms with van der Waals surface area (Å²) in [5, 5.41) is 12.4. The molecule has 0 aromatic carbocycles. The van der Waals surface area contributed by atoms with Gasteiger partial charge in [0.2, 0.25) is 5.91 Å². The van der Waals surface area contributed by atoms with Crippen LogP contribution in [0.15, 0.2) is 0 Å². The maximum absolute atomic E-state index is 11.5. The van der Waals surface area contributed by atoms with E-state index in [9.17, 15) is 9.90 Å². The van der Waals surface area contributed by atoms with Crippen molar-refractivity contribution < 1.29 is 9.90 Å². The lowest BCUT2D eigenvalue weighted by Gasteiger charge is -2.29. The van der Waals surface area contributed by atoms with Gasteiger partial charge in [-0.15, -0.1) is 0 Å². The van der Waals surface area contributed by atoms with Gasteiger partial charge in [-0.1, -0.05) is 0 Å². The van der Waals surface area contributed by atoms with Crippen molar-refractivity contribution in [3.05, 3.63) is 0 Å². The number of nitrogens with zero attached hydrogens (tertiary/aromatic N) is 1. The number of hydrogen-bond donors (Lipinski definition) is 2. The topological polar surface area (TPSA) is 52.6 Å². The molecule has 1 aliphatic carbocycles. The van der Waals surface area contributed by atoms with E-state index in [2.05, 4.69) is 5.32 Å². The van der Waals surface area contributed by atoms with E-state index in [0.29, 0.717) is 13.1 Å². The molecule has 0 aromatic rings. The monoisotopic (exact) mass is 212 g/mol. The van der Waals surface area contributed by atoms with Crippen LogP contribution in [0.1, 0.15) is 25.7 Å². The van der Waals surface area contributed by atoms with Gasteiger partial charge in [0.25, 0.3) is 0 Å². The maximum atomic E-state index is 11.5. The van der Waals surface area contributed by atoms with Crippen LogP contribution in [-0.4, -0.2) is 48.2 Å². The fourth-order valence-corrected chi connectivity index (χ4v) is 2.01. The Balaban J connectivity index is 1.63. The van der Waals surface area contributed by atoms with Crippen molar-refractivity contribution in [2.75, 3.05) is 26.2 Å². The number of nitrogens with one attached hydrogen (secondary N) is 1. The molecule has 1 saturated heterocycles. The van der Waals surface area contributed by atoms with Crippen molar-refractivity contribution in [3.8, 4) is 0 Å². The first-order chi connectivity index (χ1) is 7.24. The van der Waals surface area contributed by atoms with E-state index in [-0.39, 0.29) is 12.0 Å². The number of piperidine rings is 1. The molecule has 4 heteroatoms. The van der Waals surface area contributed by atoms with Crippen LogP contribution in [0.4, 0.5) is 0 Å². The number of hydrogen-bond acceptors (Lipinski definition) is 3. The molecule has 1 atom stereocenters. The zero-order valence-corrected chi connectivity index (χ0v) is 9.11. The highest BCUT2D eigenvalue weighted by Crippen LogP contribution is 2.27. The molecule has 1 heterocycles. The predicted octanol–water partition coefficient (Wildman–Crippen LogP) is -0.0307. The summed E-state index contributed by atoms with van der Waals surface area (Å²) in [6.45, 7) is 2.88. The molecule has 0 spiro atoms. The predicted molar refractivity (Wildman–Crippen MR) is 57.4 cm³/mol. The maximum Gasteiger partial charge on any atom is 0.234 e. The van der Waals surface area contributed by atoms with Gasteiger partial charge in [0.05, 0.1) is 12.6 Å². The highest BCUT2D eigenvalue weighted by molar-refractivity contribution is 5.78. The summed E-state index contributed by atoms with van der Waals surface area (Å²) in [4.78, 5) is 13.6. The first kappa shape index (κ1) is 10.9. The molecular weight excluding hydrogens is 192 g/mol. The molecule has 15 heavy (non-hydrogen) atoms. The van der Waals surface area contributed by atoms with Crippen molar-refractivity contribution in [1.29, 1.82) is 0 Å². The Hall–Kier alpha value is -0.610. The summed E-state index contributed by atoms with van der Waals surface area (Å²) in [5.74, 6) is 0.844. The Kier molecular flexibility index (Phi) is 3.59. The van der Waals surface area contributed by atoms with Crippen molar-refractivity contribution in [2.24, 2.45) is 5.92 Å². The lowest BCUT2D eigenvalue weighted by Crippen LogP contribution is -2.44. The SMILES string of the molecule is O=C(CN1CCC[C@H](O)C1)NCC1CC1. The van der Waals surface area contributed by atoms with E-state index in [1.54, 1.807) is 0 Å². The van der Waals surface area contributed by atoms with Crippen LogP contribution in [0.25, 0.3) is 0 Å². The van der Waals surface area contributed by atoms with Gasteiger partial charge in [0.1, 0.15) is 0 Å². The summed E-state index contributed by atoms with van der Waals surface area (Å²) >= 11 is 0. The minimum atomic E-state index is -0.241. The van der Waals surface area contributed by atoms with E-state index >= 15 is 0 Å². The number of amides is 1. The second kappa shape index (κ2) is 4.94. The lowest BCUT2D eigenvalue weighted by molar-refractivity contribution is -0.123. The minimum Gasteiger partial charge on any atom is -0.392 e. The third kappa shape index (κ3) is 3.80. The molecule has 2 aliphatic rings. The fourth-order valence-electron chi connectivity index (χ4n) is 2.01. The summed E-state index contributed by atoms with van der Waals surface area (Å²) < 4.78 is 0. The first-order valence-corrected chi connectivity index (χ1v) is 5.91. The number of carbonyl (C=O) groups excluding carboxylic acids is 1. The molecule has 0 unspecified atom stereocenters. The quantitative estimate of drug-likeness (QED) is 0.688. The molecule has 2 N–H and O–H groups in total. The van der Waals surface area contributed by atoms with Gasteiger partial charge < -0.3 is 10.4 Å². The molecule has 1 aliphatic heterocycles. The Labute approximate surface area is 90.6 Å². The van der Waals surface area contributed by atoms with Crippen LogP contribution >= 0.6 is 0 Å². The largest absolute Gasteiger partial charge is 0.392 e. The minimum absolute atomic E-state index is 0.107. The summed E-state index contributed by atoms with van der Waals surface area (Å²) in [7, 11) is 0. The Morgan fingerprint density at radius 1 is 1.40 bits per heavy atom. The summed E-state index contributed by atoms with van der Waals surface area (Å²) in [6, 6.07) is 0. The molecule has 1 amide bonds. The number of aliphatic hydroxyl groups excluding tert-OH is 1. The van der Waals surface area contributed by atoms with Crippen LogP contribution in [0.3, 0.4) is 0 Å². The third-order valence-electron chi connectivity index (χ3n) is 3.13. The lowest BCUT2D eigenvalue weighted by atomic mass is 10.1. The first-order valence-electron chi connectivity index (χ1n) is 5.91. The average molecular weight is 212 g/mol. The number of β-amino-alcohol motifs (C(OH)–C–C–N with tert-alkyl or cyclic N) is 1. The zero-order valence-electron chi connectivity index (χ0n) is 9.11. The number of likely N-dealkylation sites (tertiary alicyclic amines) is 1. The van der Waals surface area contributed by atoms with Crippen LogP contribution in [0.5, 0.6) is 0 Å². The molecular formula is C11H20N2O2. The van der Waals surface area contributed by atoms with Crippen LogP contribution in [0, 0.1) is 5.92 Å². The van der Waals surface area contributed by atoms with Gasteiger partial charge in [0.15, 0.2) is 0 Å². The van der Waals surface area contributed by atoms with Crippen LogP contribution in [-0.2, 0) is 4.79 Å². The number of carbonyl (C=O) groups is 1. The number of rotatable bonds is 4. The summed E-state index contributed by atoms with van der Waals surface area (Å²) in [5.41, 5.74) is 0. The third-order valence-corrected chi connectivity index (χ3v) is 3.13. The van der Waals surface area contributed by atoms with Gasteiger partial charge in [0, 0.05) is 13.1 Å². The van der Waals surface area contributed by atoms with Crippen molar-refractivity contribution in [2.45, 2.75) is 31.8 Å².